The van der Waals surface area contributed by atoms with Crippen LogP contribution in [0.1, 0.15) is 5.56 Å². The number of aromatic nitrogens is 1. The molecule has 0 spiro atoms. The molecule has 0 aliphatic heterocycles. The lowest BCUT2D eigenvalue weighted by Crippen LogP contribution is -2.16. The zero-order valence-corrected chi connectivity index (χ0v) is 8.14. The Morgan fingerprint density at radius 1 is 1.47 bits per heavy atom. The van der Waals surface area contributed by atoms with Gasteiger partial charge < -0.3 is 15.3 Å². The van der Waals surface area contributed by atoms with E-state index in [9.17, 15) is 4.79 Å². The van der Waals surface area contributed by atoms with Crippen LogP contribution in [-0.2, 0) is 13.1 Å². The van der Waals surface area contributed by atoms with E-state index in [0.717, 1.165) is 5.56 Å². The lowest BCUT2D eigenvalue weighted by Gasteiger charge is -1.99. The predicted molar refractivity (Wildman–Crippen MR) is 55.5 cm³/mol. The third-order valence-electron chi connectivity index (χ3n) is 2.29. The largest absolute Gasteiger partial charge is 0.420 e. The Kier molecular flexibility index (Phi) is 2.57. The number of benzene rings is 1. The molecule has 2 rings (SSSR count). The van der Waals surface area contributed by atoms with E-state index >= 15 is 0 Å². The summed E-state index contributed by atoms with van der Waals surface area (Å²) in [7, 11) is 0. The Bertz CT molecular complexity index is 527. The van der Waals surface area contributed by atoms with E-state index in [0.29, 0.717) is 17.6 Å². The van der Waals surface area contributed by atoms with Crippen LogP contribution >= 0.6 is 0 Å². The molecule has 0 radical (unpaired) electrons. The van der Waals surface area contributed by atoms with E-state index in [-0.39, 0.29) is 13.2 Å². The van der Waals surface area contributed by atoms with Gasteiger partial charge in [0.2, 0.25) is 0 Å². The molecule has 1 aromatic carbocycles. The summed E-state index contributed by atoms with van der Waals surface area (Å²) in [6.45, 7) is 0.551. The zero-order valence-electron chi connectivity index (χ0n) is 8.14. The lowest BCUT2D eigenvalue weighted by atomic mass is 10.2. The van der Waals surface area contributed by atoms with Gasteiger partial charge in [-0.05, 0) is 17.7 Å². The summed E-state index contributed by atoms with van der Waals surface area (Å²) in [5, 5.41) is 8.82. The van der Waals surface area contributed by atoms with Gasteiger partial charge in [0.25, 0.3) is 0 Å². The van der Waals surface area contributed by atoms with Crippen LogP contribution in [0, 0.1) is 0 Å². The van der Waals surface area contributed by atoms with Crippen LogP contribution in [0.25, 0.3) is 11.1 Å². The normalized spacial score (nSPS) is 11.1. The second-order valence-corrected chi connectivity index (χ2v) is 3.25. The van der Waals surface area contributed by atoms with Crippen molar-refractivity contribution in [2.24, 2.45) is 5.73 Å². The van der Waals surface area contributed by atoms with Gasteiger partial charge in [0.1, 0.15) is 0 Å². The minimum atomic E-state index is -0.451. The van der Waals surface area contributed by atoms with Crippen LogP contribution < -0.4 is 11.5 Å². The molecule has 0 bridgehead atoms. The van der Waals surface area contributed by atoms with Crippen molar-refractivity contribution in [3.05, 3.63) is 34.3 Å². The molecule has 5 nitrogen and oxygen atoms in total. The van der Waals surface area contributed by atoms with Crippen molar-refractivity contribution in [3.8, 4) is 0 Å². The Morgan fingerprint density at radius 2 is 2.27 bits per heavy atom. The minimum absolute atomic E-state index is 0.0958. The quantitative estimate of drug-likeness (QED) is 0.746. The van der Waals surface area contributed by atoms with E-state index in [2.05, 4.69) is 0 Å². The average molecular weight is 208 g/mol. The van der Waals surface area contributed by atoms with Crippen molar-refractivity contribution >= 4 is 11.1 Å². The highest BCUT2D eigenvalue weighted by Gasteiger charge is 2.08. The molecule has 0 aliphatic carbocycles. The molecule has 3 N–H and O–H groups in total. The Morgan fingerprint density at radius 3 is 2.93 bits per heavy atom. The SMILES string of the molecule is NCc1ccc2oc(=O)n(CCO)c2c1. The summed E-state index contributed by atoms with van der Waals surface area (Å²) in [6, 6.07) is 5.33. The van der Waals surface area contributed by atoms with Gasteiger partial charge in [-0.2, -0.15) is 0 Å². The maximum absolute atomic E-state index is 11.4. The van der Waals surface area contributed by atoms with Gasteiger partial charge in [-0.15, -0.1) is 0 Å². The van der Waals surface area contributed by atoms with Gasteiger partial charge in [-0.1, -0.05) is 6.07 Å². The van der Waals surface area contributed by atoms with E-state index < -0.39 is 5.76 Å². The third-order valence-corrected chi connectivity index (χ3v) is 2.29. The van der Waals surface area contributed by atoms with Crippen molar-refractivity contribution in [1.82, 2.24) is 4.57 Å². The van der Waals surface area contributed by atoms with Gasteiger partial charge in [-0.3, -0.25) is 4.57 Å². The number of nitrogens with zero attached hydrogens (tertiary/aromatic N) is 1. The molecule has 0 unspecified atom stereocenters. The predicted octanol–water partition coefficient (Wildman–Crippen LogP) is 0.0455. The molecule has 2 aromatic rings. The first-order chi connectivity index (χ1) is 7.26. The van der Waals surface area contributed by atoms with Gasteiger partial charge >= 0.3 is 5.76 Å². The summed E-state index contributed by atoms with van der Waals surface area (Å²) in [5.74, 6) is -0.451. The molecule has 15 heavy (non-hydrogen) atoms. The second-order valence-electron chi connectivity index (χ2n) is 3.25. The van der Waals surface area contributed by atoms with Crippen molar-refractivity contribution in [3.63, 3.8) is 0 Å². The molecule has 0 amide bonds. The Labute approximate surface area is 85.7 Å². The van der Waals surface area contributed by atoms with Crippen LogP contribution in [0.4, 0.5) is 0 Å². The van der Waals surface area contributed by atoms with Crippen LogP contribution in [0.2, 0.25) is 0 Å². The number of aliphatic hydroxyl groups excluding tert-OH is 1. The topological polar surface area (TPSA) is 81.4 Å². The van der Waals surface area contributed by atoms with Gasteiger partial charge in [0.15, 0.2) is 5.58 Å². The van der Waals surface area contributed by atoms with Crippen molar-refractivity contribution in [2.45, 2.75) is 13.1 Å². The summed E-state index contributed by atoms with van der Waals surface area (Å²) in [6.07, 6.45) is 0. The van der Waals surface area contributed by atoms with Crippen LogP contribution in [0.3, 0.4) is 0 Å². The molecule has 1 aromatic heterocycles. The van der Waals surface area contributed by atoms with E-state index in [1.807, 2.05) is 6.07 Å². The molecule has 80 valence electrons. The minimum Gasteiger partial charge on any atom is -0.408 e. The van der Waals surface area contributed by atoms with Crippen LogP contribution in [0.15, 0.2) is 27.4 Å². The molecule has 0 saturated carbocycles. The number of nitrogens with two attached hydrogens (primary N) is 1. The number of fused-ring (bicyclic) bond motifs is 1. The molecule has 0 atom stereocenters. The number of hydrogen-bond acceptors (Lipinski definition) is 4. The Hall–Kier alpha value is -1.59. The smallest absolute Gasteiger partial charge is 0.408 e. The Balaban J connectivity index is 2.66. The van der Waals surface area contributed by atoms with Crippen molar-refractivity contribution < 1.29 is 9.52 Å². The van der Waals surface area contributed by atoms with Gasteiger partial charge in [0.05, 0.1) is 18.7 Å². The van der Waals surface area contributed by atoms with Gasteiger partial charge in [0, 0.05) is 6.54 Å². The van der Waals surface area contributed by atoms with Crippen molar-refractivity contribution in [1.29, 1.82) is 0 Å². The molecule has 0 saturated heterocycles. The fourth-order valence-corrected chi connectivity index (χ4v) is 1.55. The van der Waals surface area contributed by atoms with Crippen molar-refractivity contribution in [2.75, 3.05) is 6.61 Å². The number of rotatable bonds is 3. The maximum Gasteiger partial charge on any atom is 0.420 e. The van der Waals surface area contributed by atoms with Gasteiger partial charge in [-0.25, -0.2) is 4.79 Å². The zero-order chi connectivity index (χ0) is 10.8. The fraction of sp³-hybridized carbons (Fsp3) is 0.300. The summed E-state index contributed by atoms with van der Waals surface area (Å²) in [5.41, 5.74) is 7.63. The highest BCUT2D eigenvalue weighted by atomic mass is 16.4. The van der Waals surface area contributed by atoms with E-state index in [1.54, 1.807) is 12.1 Å². The highest BCUT2D eigenvalue weighted by Crippen LogP contribution is 2.14. The molecule has 1 heterocycles. The number of hydrogen-bond donors (Lipinski definition) is 2. The number of oxazole rings is 1. The second kappa shape index (κ2) is 3.88. The first kappa shape index (κ1) is 9.95. The highest BCUT2D eigenvalue weighted by molar-refractivity contribution is 5.73. The molecular weight excluding hydrogens is 196 g/mol. The van der Waals surface area contributed by atoms with E-state index in [4.69, 9.17) is 15.3 Å². The van der Waals surface area contributed by atoms with Crippen LogP contribution in [-0.4, -0.2) is 16.3 Å². The summed E-state index contributed by atoms with van der Waals surface area (Å²) < 4.78 is 6.40. The number of aliphatic hydroxyl groups is 1. The molecule has 0 fully saturated rings. The summed E-state index contributed by atoms with van der Waals surface area (Å²) in [4.78, 5) is 11.4. The molecular formula is C10H12N2O3. The first-order valence-corrected chi connectivity index (χ1v) is 4.69. The standard InChI is InChI=1S/C10H12N2O3/c11-6-7-1-2-9-8(5-7)12(3-4-13)10(14)15-9/h1-2,5,13H,3-4,6,11H2. The fourth-order valence-electron chi connectivity index (χ4n) is 1.55. The molecule has 5 heteroatoms. The third kappa shape index (κ3) is 1.67. The average Bonchev–Trinajstić information content (AvgIpc) is 2.55. The van der Waals surface area contributed by atoms with E-state index in [1.165, 1.54) is 4.57 Å². The first-order valence-electron chi connectivity index (χ1n) is 4.69. The summed E-state index contributed by atoms with van der Waals surface area (Å²) >= 11 is 0. The maximum atomic E-state index is 11.4. The molecule has 0 aliphatic rings. The lowest BCUT2D eigenvalue weighted by molar-refractivity contribution is 0.272. The monoisotopic (exact) mass is 208 g/mol. The van der Waals surface area contributed by atoms with Crippen LogP contribution in [0.5, 0.6) is 0 Å².